The minimum Gasteiger partial charge on any atom is -0.370 e. The number of carbonyl (C=O) groups is 1. The Hall–Kier alpha value is -0.870. The van der Waals surface area contributed by atoms with Gasteiger partial charge < -0.3 is 11.1 Å². The van der Waals surface area contributed by atoms with Crippen molar-refractivity contribution in [1.29, 1.82) is 0 Å². The van der Waals surface area contributed by atoms with E-state index in [1.165, 1.54) is 4.88 Å². The van der Waals surface area contributed by atoms with E-state index >= 15 is 0 Å². The average Bonchev–Trinajstić information content (AvgIpc) is 2.51. The van der Waals surface area contributed by atoms with Crippen LogP contribution in [0.1, 0.15) is 18.2 Å². The van der Waals surface area contributed by atoms with Crippen LogP contribution in [0.4, 0.5) is 0 Å². The van der Waals surface area contributed by atoms with Gasteiger partial charge in [0.05, 0.1) is 0 Å². The van der Waals surface area contributed by atoms with E-state index in [1.807, 2.05) is 18.4 Å². The number of amides is 1. The van der Waals surface area contributed by atoms with Gasteiger partial charge in [0.25, 0.3) is 0 Å². The minimum atomic E-state index is -0.258. The van der Waals surface area contributed by atoms with E-state index in [0.29, 0.717) is 6.42 Å². The molecule has 0 aliphatic carbocycles. The van der Waals surface area contributed by atoms with Crippen LogP contribution in [-0.4, -0.2) is 11.9 Å². The molecule has 0 spiro atoms. The third-order valence-corrected chi connectivity index (χ3v) is 2.59. The van der Waals surface area contributed by atoms with Crippen LogP contribution >= 0.6 is 11.3 Å². The zero-order valence-electron chi connectivity index (χ0n) is 7.62. The minimum absolute atomic E-state index is 0.152. The maximum atomic E-state index is 10.6. The smallest absolute Gasteiger partial charge is 0.218 e. The highest BCUT2D eigenvalue weighted by atomic mass is 32.1. The van der Waals surface area contributed by atoms with Crippen molar-refractivity contribution < 1.29 is 4.79 Å². The molecule has 1 atom stereocenters. The third-order valence-electron chi connectivity index (χ3n) is 1.71. The van der Waals surface area contributed by atoms with Crippen molar-refractivity contribution in [3.63, 3.8) is 0 Å². The molecule has 1 aromatic heterocycles. The lowest BCUT2D eigenvalue weighted by Gasteiger charge is -2.10. The first kappa shape index (κ1) is 10.2. The van der Waals surface area contributed by atoms with Gasteiger partial charge in [-0.05, 0) is 18.4 Å². The SMILES string of the molecule is CC(CC(N)=O)NCc1cccs1. The highest BCUT2D eigenvalue weighted by Gasteiger charge is 2.04. The molecule has 1 unspecified atom stereocenters. The van der Waals surface area contributed by atoms with Crippen molar-refractivity contribution in [1.82, 2.24) is 5.32 Å². The molecule has 1 aromatic rings. The molecule has 13 heavy (non-hydrogen) atoms. The summed E-state index contributed by atoms with van der Waals surface area (Å²) >= 11 is 1.71. The maximum absolute atomic E-state index is 10.6. The van der Waals surface area contributed by atoms with Gasteiger partial charge in [-0.25, -0.2) is 0 Å². The van der Waals surface area contributed by atoms with E-state index < -0.39 is 0 Å². The van der Waals surface area contributed by atoms with Gasteiger partial charge >= 0.3 is 0 Å². The van der Waals surface area contributed by atoms with Gasteiger partial charge in [0.15, 0.2) is 0 Å². The molecular weight excluding hydrogens is 184 g/mol. The Morgan fingerprint density at radius 3 is 3.08 bits per heavy atom. The monoisotopic (exact) mass is 198 g/mol. The normalized spacial score (nSPS) is 12.7. The molecule has 1 amide bonds. The van der Waals surface area contributed by atoms with E-state index in [4.69, 9.17) is 5.73 Å². The van der Waals surface area contributed by atoms with Crippen molar-refractivity contribution in [2.75, 3.05) is 0 Å². The predicted molar refractivity (Wildman–Crippen MR) is 54.4 cm³/mol. The van der Waals surface area contributed by atoms with Crippen LogP contribution in [0.5, 0.6) is 0 Å². The first-order chi connectivity index (χ1) is 6.18. The van der Waals surface area contributed by atoms with E-state index in [1.54, 1.807) is 11.3 Å². The zero-order valence-corrected chi connectivity index (χ0v) is 8.43. The topological polar surface area (TPSA) is 55.1 Å². The lowest BCUT2D eigenvalue weighted by molar-refractivity contribution is -0.118. The quantitative estimate of drug-likeness (QED) is 0.744. The van der Waals surface area contributed by atoms with Crippen molar-refractivity contribution in [2.24, 2.45) is 5.73 Å². The summed E-state index contributed by atoms with van der Waals surface area (Å²) in [7, 11) is 0. The summed E-state index contributed by atoms with van der Waals surface area (Å²) < 4.78 is 0. The number of primary amides is 1. The average molecular weight is 198 g/mol. The van der Waals surface area contributed by atoms with Gasteiger partial charge in [-0.1, -0.05) is 6.07 Å². The van der Waals surface area contributed by atoms with Crippen LogP contribution < -0.4 is 11.1 Å². The summed E-state index contributed by atoms with van der Waals surface area (Å²) in [5, 5.41) is 5.26. The van der Waals surface area contributed by atoms with Gasteiger partial charge in [0, 0.05) is 23.9 Å². The molecule has 0 aliphatic rings. The van der Waals surface area contributed by atoms with E-state index in [0.717, 1.165) is 6.54 Å². The van der Waals surface area contributed by atoms with Gasteiger partial charge in [-0.2, -0.15) is 0 Å². The molecule has 1 rings (SSSR count). The molecule has 3 nitrogen and oxygen atoms in total. The molecule has 1 heterocycles. The van der Waals surface area contributed by atoms with E-state index in [-0.39, 0.29) is 11.9 Å². The molecule has 0 fully saturated rings. The second kappa shape index (κ2) is 4.99. The molecule has 4 heteroatoms. The second-order valence-corrected chi connectivity index (χ2v) is 4.06. The van der Waals surface area contributed by atoms with Crippen molar-refractivity contribution in [3.05, 3.63) is 22.4 Å². The van der Waals surface area contributed by atoms with Crippen LogP contribution in [-0.2, 0) is 11.3 Å². The predicted octanol–water partition coefficient (Wildman–Crippen LogP) is 1.10. The highest BCUT2D eigenvalue weighted by Crippen LogP contribution is 2.07. The molecule has 0 saturated carbocycles. The van der Waals surface area contributed by atoms with Crippen LogP contribution in [0.25, 0.3) is 0 Å². The Balaban J connectivity index is 2.22. The number of hydrogen-bond donors (Lipinski definition) is 2. The van der Waals surface area contributed by atoms with Crippen molar-refractivity contribution in [3.8, 4) is 0 Å². The number of carbonyl (C=O) groups excluding carboxylic acids is 1. The Bertz CT molecular complexity index is 259. The Morgan fingerprint density at radius 1 is 1.77 bits per heavy atom. The second-order valence-electron chi connectivity index (χ2n) is 3.03. The maximum Gasteiger partial charge on any atom is 0.218 e. The fourth-order valence-electron chi connectivity index (χ4n) is 1.06. The molecular formula is C9H14N2OS. The largest absolute Gasteiger partial charge is 0.370 e. The van der Waals surface area contributed by atoms with Gasteiger partial charge in [0.2, 0.25) is 5.91 Å². The summed E-state index contributed by atoms with van der Waals surface area (Å²) in [6.45, 7) is 2.77. The van der Waals surface area contributed by atoms with Crippen molar-refractivity contribution in [2.45, 2.75) is 25.9 Å². The van der Waals surface area contributed by atoms with Gasteiger partial charge in [0.1, 0.15) is 0 Å². The number of hydrogen-bond acceptors (Lipinski definition) is 3. The van der Waals surface area contributed by atoms with Crippen LogP contribution in [0.15, 0.2) is 17.5 Å². The van der Waals surface area contributed by atoms with Crippen molar-refractivity contribution >= 4 is 17.2 Å². The third kappa shape index (κ3) is 4.05. The number of thiophene rings is 1. The first-order valence-corrected chi connectivity index (χ1v) is 5.10. The molecule has 0 aliphatic heterocycles. The Labute approximate surface area is 81.9 Å². The Kier molecular flexibility index (Phi) is 3.92. The summed E-state index contributed by atoms with van der Waals surface area (Å²) in [6.07, 6.45) is 0.394. The summed E-state index contributed by atoms with van der Waals surface area (Å²) in [6, 6.07) is 4.23. The highest BCUT2D eigenvalue weighted by molar-refractivity contribution is 7.09. The van der Waals surface area contributed by atoms with Crippen LogP contribution in [0.2, 0.25) is 0 Å². The number of nitrogens with one attached hydrogen (secondary N) is 1. The zero-order chi connectivity index (χ0) is 9.68. The molecule has 0 radical (unpaired) electrons. The van der Waals surface area contributed by atoms with Gasteiger partial charge in [-0.15, -0.1) is 11.3 Å². The number of rotatable bonds is 5. The Morgan fingerprint density at radius 2 is 2.54 bits per heavy atom. The number of nitrogens with two attached hydrogens (primary N) is 1. The molecule has 0 bridgehead atoms. The lowest BCUT2D eigenvalue weighted by atomic mass is 10.2. The van der Waals surface area contributed by atoms with E-state index in [2.05, 4.69) is 11.4 Å². The first-order valence-electron chi connectivity index (χ1n) is 4.22. The van der Waals surface area contributed by atoms with E-state index in [9.17, 15) is 4.79 Å². The standard InChI is InChI=1S/C9H14N2OS/c1-7(5-9(10)12)11-6-8-3-2-4-13-8/h2-4,7,11H,5-6H2,1H3,(H2,10,12). The lowest BCUT2D eigenvalue weighted by Crippen LogP contribution is -2.30. The summed E-state index contributed by atoms with van der Waals surface area (Å²) in [4.78, 5) is 11.8. The summed E-state index contributed by atoms with van der Waals surface area (Å²) in [5.41, 5.74) is 5.07. The fraction of sp³-hybridized carbons (Fsp3) is 0.444. The van der Waals surface area contributed by atoms with Crippen LogP contribution in [0.3, 0.4) is 0 Å². The fourth-order valence-corrected chi connectivity index (χ4v) is 1.72. The van der Waals surface area contributed by atoms with Crippen LogP contribution in [0, 0.1) is 0 Å². The van der Waals surface area contributed by atoms with Gasteiger partial charge in [-0.3, -0.25) is 4.79 Å². The molecule has 72 valence electrons. The molecule has 0 saturated heterocycles. The molecule has 3 N–H and O–H groups in total. The summed E-state index contributed by atoms with van der Waals surface area (Å²) in [5.74, 6) is -0.258. The molecule has 0 aromatic carbocycles.